The maximum atomic E-state index is 13.0. The third-order valence-corrected chi connectivity index (χ3v) is 11.3. The van der Waals surface area contributed by atoms with Crippen LogP contribution in [0.5, 0.6) is 0 Å². The molecule has 24 heteroatoms. The molecule has 79 heavy (non-hydrogen) atoms. The van der Waals surface area contributed by atoms with Gasteiger partial charge in [0.2, 0.25) is 29.2 Å². The lowest BCUT2D eigenvalue weighted by atomic mass is 9.98. The predicted molar refractivity (Wildman–Crippen MR) is 287 cm³/mol. The molecule has 24 nitrogen and oxygen atoms in total. The minimum absolute atomic E-state index is 0.0133. The zero-order chi connectivity index (χ0) is 58.6. The fourth-order valence-electron chi connectivity index (χ4n) is 7.85. The Morgan fingerprint density at radius 2 is 1.04 bits per heavy atom. The fourth-order valence-corrected chi connectivity index (χ4v) is 7.85. The Kier molecular flexibility index (Phi) is 27.0. The summed E-state index contributed by atoms with van der Waals surface area (Å²) in [6.07, 6.45) is 2.32. The SMILES string of the molecule is CC(=O)N[C@@H](Cc1c[nH]c2ccccc12)C(=O)N[C@@H](CCC(=O)C=[N+]=[N-])C(=O)OC(C)C.CC(C)OC(=O)[C@@H](N)CCC(=O)C=[N+]=[N-].CC(C)OC(=O)[C@H](CCC(=O)C=[N+]=[N-])NC(=O)OCC1c2ccccc2-c2ccccc21. The number of nitrogens with zero attached hydrogens (tertiary/aromatic N) is 6. The highest BCUT2D eigenvalue weighted by Gasteiger charge is 2.32. The largest absolute Gasteiger partial charge is 0.462 e. The van der Waals surface area contributed by atoms with Gasteiger partial charge in [0.1, 0.15) is 30.8 Å². The number of ether oxygens (including phenoxy) is 4. The van der Waals surface area contributed by atoms with Crippen LogP contribution in [-0.2, 0) is 63.7 Å². The van der Waals surface area contributed by atoms with Crippen molar-refractivity contribution in [3.63, 3.8) is 0 Å². The summed E-state index contributed by atoms with van der Waals surface area (Å²) < 4.78 is 20.7. The Morgan fingerprint density at radius 3 is 1.52 bits per heavy atom. The number of para-hydroxylation sites is 1. The van der Waals surface area contributed by atoms with Crippen LogP contribution < -0.4 is 21.7 Å². The van der Waals surface area contributed by atoms with Crippen LogP contribution in [0, 0.1) is 0 Å². The number of alkyl carbamates (subject to hydrolysis) is 1. The quantitative estimate of drug-likeness (QED) is 0.0187. The van der Waals surface area contributed by atoms with Crippen molar-refractivity contribution in [2.45, 2.75) is 142 Å². The number of aromatic amines is 1. The highest BCUT2D eigenvalue weighted by atomic mass is 16.6. The van der Waals surface area contributed by atoms with E-state index in [4.69, 9.17) is 41.3 Å². The molecule has 0 radical (unpaired) electrons. The molecule has 0 unspecified atom stereocenters. The summed E-state index contributed by atoms with van der Waals surface area (Å²) in [5.41, 5.74) is 36.6. The molecule has 0 bridgehead atoms. The molecule has 3 aromatic carbocycles. The Bertz CT molecular complexity index is 2910. The highest BCUT2D eigenvalue weighted by Crippen LogP contribution is 2.44. The molecular weight excluding hydrogens is 1020 g/mol. The van der Waals surface area contributed by atoms with E-state index in [9.17, 15) is 43.2 Å². The number of nitrogens with two attached hydrogens (primary N) is 1. The molecule has 0 aliphatic heterocycles. The average Bonchev–Trinajstić information content (AvgIpc) is 4.09. The summed E-state index contributed by atoms with van der Waals surface area (Å²) in [5.74, 6) is -4.37. The first-order chi connectivity index (χ1) is 37.6. The molecule has 1 aliphatic carbocycles. The van der Waals surface area contributed by atoms with Gasteiger partial charge < -0.3 is 62.2 Å². The van der Waals surface area contributed by atoms with Crippen molar-refractivity contribution in [1.29, 1.82) is 0 Å². The Labute approximate surface area is 456 Å². The molecule has 6 N–H and O–H groups in total. The summed E-state index contributed by atoms with van der Waals surface area (Å²) in [7, 11) is 0. The summed E-state index contributed by atoms with van der Waals surface area (Å²) >= 11 is 0. The summed E-state index contributed by atoms with van der Waals surface area (Å²) in [6, 6.07) is 19.6. The smallest absolute Gasteiger partial charge is 0.407 e. The normalized spacial score (nSPS) is 12.5. The van der Waals surface area contributed by atoms with E-state index in [2.05, 4.69) is 35.3 Å². The van der Waals surface area contributed by atoms with Crippen LogP contribution in [-0.4, -0.2) is 140 Å². The molecule has 0 fully saturated rings. The van der Waals surface area contributed by atoms with Crippen LogP contribution >= 0.6 is 0 Å². The van der Waals surface area contributed by atoms with Gasteiger partial charge in [0.25, 0.3) is 0 Å². The lowest BCUT2D eigenvalue weighted by molar-refractivity contribution is -0.152. The van der Waals surface area contributed by atoms with Gasteiger partial charge in [-0.05, 0) is 94.7 Å². The fraction of sp³-hybridized carbons (Fsp3) is 0.418. The number of esters is 3. The van der Waals surface area contributed by atoms with Gasteiger partial charge in [0.15, 0.2) is 0 Å². The van der Waals surface area contributed by atoms with E-state index in [-0.39, 0.29) is 75.5 Å². The van der Waals surface area contributed by atoms with Crippen LogP contribution in [0.15, 0.2) is 79.0 Å². The van der Waals surface area contributed by atoms with E-state index in [0.717, 1.165) is 57.4 Å². The minimum Gasteiger partial charge on any atom is -0.462 e. The lowest BCUT2D eigenvalue weighted by Gasteiger charge is -2.23. The molecule has 5 rings (SSSR count). The third-order valence-electron chi connectivity index (χ3n) is 11.3. The van der Waals surface area contributed by atoms with E-state index in [1.807, 2.05) is 72.8 Å². The monoisotopic (exact) mass is 1090 g/mol. The van der Waals surface area contributed by atoms with E-state index in [1.165, 1.54) is 6.92 Å². The first kappa shape index (κ1) is 64.2. The summed E-state index contributed by atoms with van der Waals surface area (Å²) in [4.78, 5) is 118. The number of amides is 3. The standard InChI is InChI=1S/C24H25N3O5.C22H27N5O5.C9H15N3O3/c1-15(2)32-23(29)22(12-11-16(28)13-26-25)27-24(30)31-14-21-19-9-5-3-7-17(19)18-8-4-6-10-20(18)21;1-13(2)32-22(31)19(9-8-16(29)12-25-23)27-21(30)20(26-14(3)28)10-15-11-24-18-7-5-4-6-17(15)18;1-6(2)15-9(14)8(10)4-3-7(13)5-12-11/h3-10,13,15,21-22H,11-12,14H2,1-2H3,(H,27,30);4-7,11-13,19-20,24H,8-10H2,1-3H3,(H,26,28)(H,27,30);5-6,8H,3-4,10H2,1-2H3/t22-;19-,20-;8-/m000/s1. The molecular formula is C55H67N11O13. The van der Waals surface area contributed by atoms with Gasteiger partial charge in [-0.2, -0.15) is 14.4 Å². The molecule has 1 aliphatic rings. The number of rotatable bonds is 26. The van der Waals surface area contributed by atoms with Gasteiger partial charge in [-0.1, -0.05) is 66.7 Å². The average molecular weight is 1090 g/mol. The van der Waals surface area contributed by atoms with E-state index < -0.39 is 77.7 Å². The van der Waals surface area contributed by atoms with Gasteiger partial charge in [-0.25, -0.2) is 14.4 Å². The Hall–Kier alpha value is -9.07. The number of H-pyrrole nitrogens is 1. The third kappa shape index (κ3) is 22.2. The molecule has 0 spiro atoms. The number of benzene rings is 3. The van der Waals surface area contributed by atoms with Gasteiger partial charge in [0.05, 0.1) is 18.3 Å². The van der Waals surface area contributed by atoms with Crippen molar-refractivity contribution in [2.75, 3.05) is 6.61 Å². The van der Waals surface area contributed by atoms with Crippen LogP contribution in [0.2, 0.25) is 0 Å². The number of Topliss-reactive ketones (excluding diaryl/α,β-unsaturated/α-hetero) is 3. The zero-order valence-electron chi connectivity index (χ0n) is 45.1. The number of nitrogens with one attached hydrogen (secondary N) is 4. The summed E-state index contributed by atoms with van der Waals surface area (Å²) in [5, 5.41) is 8.62. The minimum atomic E-state index is -1.11. The lowest BCUT2D eigenvalue weighted by Crippen LogP contribution is -2.52. The number of hydrogen-bond donors (Lipinski definition) is 5. The number of ketones is 3. The van der Waals surface area contributed by atoms with Crippen LogP contribution in [0.3, 0.4) is 0 Å². The maximum Gasteiger partial charge on any atom is 0.407 e. The molecule has 4 aromatic rings. The van der Waals surface area contributed by atoms with Gasteiger partial charge in [0, 0.05) is 55.6 Å². The van der Waals surface area contributed by atoms with Crippen molar-refractivity contribution >= 4 is 82.7 Å². The maximum absolute atomic E-state index is 13.0. The summed E-state index contributed by atoms with van der Waals surface area (Å²) in [6.45, 7) is 11.5. The molecule has 4 atom stereocenters. The second-order valence-electron chi connectivity index (χ2n) is 18.7. The van der Waals surface area contributed by atoms with Crippen LogP contribution in [0.1, 0.15) is 110 Å². The van der Waals surface area contributed by atoms with Gasteiger partial charge in [-0.3, -0.25) is 28.8 Å². The van der Waals surface area contributed by atoms with E-state index in [1.54, 1.807) is 47.7 Å². The molecule has 0 saturated carbocycles. The molecule has 3 amide bonds. The second-order valence-corrected chi connectivity index (χ2v) is 18.7. The van der Waals surface area contributed by atoms with Gasteiger partial charge in [-0.15, -0.1) is 0 Å². The number of aromatic nitrogens is 1. The Balaban J connectivity index is 0.000000333. The predicted octanol–water partition coefficient (Wildman–Crippen LogP) is 4.71. The van der Waals surface area contributed by atoms with Crippen LogP contribution in [0.25, 0.3) is 38.6 Å². The second kappa shape index (κ2) is 33.2. The first-order valence-corrected chi connectivity index (χ1v) is 25.3. The number of carbonyl (C=O) groups is 9. The zero-order valence-corrected chi connectivity index (χ0v) is 45.1. The Morgan fingerprint density at radius 1 is 0.595 bits per heavy atom. The number of hydrogen-bond acceptors (Lipinski definition) is 14. The van der Waals surface area contributed by atoms with Gasteiger partial charge >= 0.3 is 42.6 Å². The van der Waals surface area contributed by atoms with Crippen molar-refractivity contribution in [3.05, 3.63) is 112 Å². The van der Waals surface area contributed by atoms with Crippen molar-refractivity contribution in [2.24, 2.45) is 5.73 Å². The van der Waals surface area contributed by atoms with Crippen molar-refractivity contribution in [1.82, 2.24) is 20.9 Å². The number of carbonyl (C=O) groups excluding carboxylic acids is 9. The van der Waals surface area contributed by atoms with Crippen LogP contribution in [0.4, 0.5) is 4.79 Å². The molecule has 1 heterocycles. The van der Waals surface area contributed by atoms with E-state index in [0.29, 0.717) is 0 Å². The van der Waals surface area contributed by atoms with Crippen molar-refractivity contribution < 1.29 is 76.5 Å². The van der Waals surface area contributed by atoms with E-state index >= 15 is 0 Å². The molecule has 1 aromatic heterocycles. The van der Waals surface area contributed by atoms with Crippen molar-refractivity contribution in [3.8, 4) is 11.1 Å². The highest BCUT2D eigenvalue weighted by molar-refractivity contribution is 6.26. The number of fused-ring (bicyclic) bond motifs is 4. The molecule has 420 valence electrons. The first-order valence-electron chi connectivity index (χ1n) is 25.3. The topological polar surface area (TPSA) is 378 Å². The molecule has 0 saturated heterocycles.